The SMILES string of the molecule is O=S([O-])Nc1cc(C(F)(F)F)ccc1-c1nnc(NC2CCCNC2)c2c1C1CCC2CC1. The molecule has 1 saturated heterocycles. The van der Waals surface area contributed by atoms with Gasteiger partial charge in [0.25, 0.3) is 0 Å². The molecule has 4 aliphatic rings. The van der Waals surface area contributed by atoms with E-state index < -0.39 is 23.0 Å². The van der Waals surface area contributed by atoms with Crippen LogP contribution in [0.4, 0.5) is 24.7 Å². The molecule has 1 saturated carbocycles. The predicted molar refractivity (Wildman–Crippen MR) is 118 cm³/mol. The van der Waals surface area contributed by atoms with Crippen LogP contribution >= 0.6 is 0 Å². The number of aromatic nitrogens is 2. The molecule has 1 aliphatic heterocycles. The van der Waals surface area contributed by atoms with Crippen molar-refractivity contribution >= 4 is 22.8 Å². The van der Waals surface area contributed by atoms with E-state index in [4.69, 9.17) is 0 Å². The number of benzene rings is 1. The van der Waals surface area contributed by atoms with Gasteiger partial charge in [0.05, 0.1) is 16.9 Å². The van der Waals surface area contributed by atoms with Crippen LogP contribution in [0.3, 0.4) is 0 Å². The van der Waals surface area contributed by atoms with Gasteiger partial charge in [-0.2, -0.15) is 13.2 Å². The largest absolute Gasteiger partial charge is 0.755 e. The maximum absolute atomic E-state index is 13.3. The molecule has 178 valence electrons. The highest BCUT2D eigenvalue weighted by atomic mass is 32.2. The molecule has 7 nitrogen and oxygen atoms in total. The molecule has 33 heavy (non-hydrogen) atoms. The molecule has 3 aliphatic carbocycles. The molecule has 0 amide bonds. The molecule has 2 unspecified atom stereocenters. The van der Waals surface area contributed by atoms with Crippen molar-refractivity contribution in [3.63, 3.8) is 0 Å². The van der Waals surface area contributed by atoms with Crippen LogP contribution in [0.25, 0.3) is 11.3 Å². The molecule has 1 aromatic heterocycles. The second-order valence-electron chi connectivity index (χ2n) is 9.06. The van der Waals surface area contributed by atoms with Gasteiger partial charge in [0.1, 0.15) is 0 Å². The smallest absolute Gasteiger partial charge is 0.416 e. The lowest BCUT2D eigenvalue weighted by Gasteiger charge is -2.40. The summed E-state index contributed by atoms with van der Waals surface area (Å²) in [5.74, 6) is 1.30. The quantitative estimate of drug-likeness (QED) is 0.552. The number of anilines is 2. The first-order valence-electron chi connectivity index (χ1n) is 11.3. The minimum Gasteiger partial charge on any atom is -0.755 e. The lowest BCUT2D eigenvalue weighted by Crippen LogP contribution is -2.39. The highest BCUT2D eigenvalue weighted by Gasteiger charge is 2.39. The van der Waals surface area contributed by atoms with Crippen molar-refractivity contribution in [3.8, 4) is 11.3 Å². The number of nitrogens with one attached hydrogen (secondary N) is 3. The second-order valence-corrected chi connectivity index (χ2v) is 9.73. The Balaban J connectivity index is 1.62. The van der Waals surface area contributed by atoms with Gasteiger partial charge in [0, 0.05) is 35.0 Å². The molecule has 2 aromatic rings. The van der Waals surface area contributed by atoms with Crippen LogP contribution in [0.5, 0.6) is 0 Å². The summed E-state index contributed by atoms with van der Waals surface area (Å²) in [5.41, 5.74) is 1.81. The van der Waals surface area contributed by atoms with E-state index in [1.54, 1.807) is 0 Å². The Hall–Kier alpha value is -2.24. The van der Waals surface area contributed by atoms with Crippen LogP contribution in [-0.4, -0.2) is 38.1 Å². The van der Waals surface area contributed by atoms with Gasteiger partial charge >= 0.3 is 6.18 Å². The predicted octanol–water partition coefficient (Wildman–Crippen LogP) is 4.29. The van der Waals surface area contributed by atoms with E-state index in [1.165, 1.54) is 6.07 Å². The minimum absolute atomic E-state index is 0.145. The van der Waals surface area contributed by atoms with Gasteiger partial charge in [0.15, 0.2) is 5.82 Å². The summed E-state index contributed by atoms with van der Waals surface area (Å²) < 4.78 is 64.7. The van der Waals surface area contributed by atoms with E-state index in [0.29, 0.717) is 17.2 Å². The zero-order chi connectivity index (χ0) is 23.2. The van der Waals surface area contributed by atoms with E-state index in [0.717, 1.165) is 80.7 Å². The van der Waals surface area contributed by atoms with E-state index in [9.17, 15) is 21.9 Å². The van der Waals surface area contributed by atoms with Crippen LogP contribution in [-0.2, 0) is 17.4 Å². The molecular formula is C22H25F3N5O2S-. The molecule has 2 atom stereocenters. The van der Waals surface area contributed by atoms with Gasteiger partial charge in [-0.05, 0) is 74.6 Å². The number of rotatable bonds is 5. The topological polar surface area (TPSA) is 102 Å². The first kappa shape index (κ1) is 22.5. The van der Waals surface area contributed by atoms with Crippen LogP contribution in [0.1, 0.15) is 67.1 Å². The average Bonchev–Trinajstić information content (AvgIpc) is 2.80. The number of hydrogen-bond acceptors (Lipinski definition) is 6. The van der Waals surface area contributed by atoms with Crippen LogP contribution < -0.4 is 15.4 Å². The monoisotopic (exact) mass is 480 g/mol. The summed E-state index contributed by atoms with van der Waals surface area (Å²) >= 11 is -2.78. The minimum atomic E-state index is -4.59. The van der Waals surface area contributed by atoms with Gasteiger partial charge in [-0.3, -0.25) is 4.21 Å². The maximum atomic E-state index is 13.3. The zero-order valence-corrected chi connectivity index (χ0v) is 18.7. The van der Waals surface area contributed by atoms with Crippen LogP contribution in [0.2, 0.25) is 0 Å². The maximum Gasteiger partial charge on any atom is 0.416 e. The molecular weight excluding hydrogens is 455 g/mol. The molecule has 3 N–H and O–H groups in total. The molecule has 0 radical (unpaired) electrons. The first-order valence-corrected chi connectivity index (χ1v) is 12.3. The highest BCUT2D eigenvalue weighted by Crippen LogP contribution is 2.54. The Morgan fingerprint density at radius 3 is 2.42 bits per heavy atom. The summed E-state index contributed by atoms with van der Waals surface area (Å²) in [5, 5.41) is 15.9. The van der Waals surface area contributed by atoms with Crippen molar-refractivity contribution in [1.82, 2.24) is 15.5 Å². The number of hydrogen-bond donors (Lipinski definition) is 3. The normalized spacial score (nSPS) is 25.4. The van der Waals surface area contributed by atoms with Crippen molar-refractivity contribution in [2.24, 2.45) is 0 Å². The van der Waals surface area contributed by atoms with E-state index >= 15 is 0 Å². The van der Waals surface area contributed by atoms with E-state index in [2.05, 4.69) is 25.6 Å². The Bertz CT molecular complexity index is 1070. The number of halogens is 3. The third kappa shape index (κ3) is 4.45. The van der Waals surface area contributed by atoms with Crippen molar-refractivity contribution in [1.29, 1.82) is 0 Å². The highest BCUT2D eigenvalue weighted by molar-refractivity contribution is 7.80. The van der Waals surface area contributed by atoms with E-state index in [1.807, 2.05) is 0 Å². The Labute approximate surface area is 192 Å². The molecule has 1 aromatic carbocycles. The number of alkyl halides is 3. The number of piperidine rings is 1. The fourth-order valence-electron chi connectivity index (χ4n) is 5.54. The summed E-state index contributed by atoms with van der Waals surface area (Å²) in [7, 11) is 0. The Morgan fingerprint density at radius 1 is 1.06 bits per heavy atom. The van der Waals surface area contributed by atoms with Gasteiger partial charge in [-0.25, -0.2) is 0 Å². The Kier molecular flexibility index (Phi) is 6.04. The summed E-state index contributed by atoms with van der Waals surface area (Å²) in [6.45, 7) is 1.84. The molecule has 2 bridgehead atoms. The molecule has 2 fully saturated rings. The summed E-state index contributed by atoms with van der Waals surface area (Å²) in [4.78, 5) is 0. The lowest BCUT2D eigenvalue weighted by molar-refractivity contribution is -0.137. The van der Waals surface area contributed by atoms with Crippen molar-refractivity contribution in [2.75, 3.05) is 23.1 Å². The van der Waals surface area contributed by atoms with Gasteiger partial charge in [-0.1, -0.05) is 6.07 Å². The first-order chi connectivity index (χ1) is 15.8. The second kappa shape index (κ2) is 8.84. The van der Waals surface area contributed by atoms with E-state index in [-0.39, 0.29) is 17.6 Å². The van der Waals surface area contributed by atoms with Gasteiger partial charge in [0.2, 0.25) is 0 Å². The molecule has 11 heteroatoms. The fraction of sp³-hybridized carbons (Fsp3) is 0.545. The lowest BCUT2D eigenvalue weighted by atomic mass is 9.66. The number of nitrogens with zero attached hydrogens (tertiary/aromatic N) is 2. The van der Waals surface area contributed by atoms with Crippen molar-refractivity contribution in [2.45, 2.75) is 62.6 Å². The third-order valence-corrected chi connectivity index (χ3v) is 7.41. The van der Waals surface area contributed by atoms with Crippen LogP contribution in [0.15, 0.2) is 18.2 Å². The average molecular weight is 481 g/mol. The summed E-state index contributed by atoms with van der Waals surface area (Å²) in [6.07, 6.45) is 1.57. The standard InChI is InChI=1S/C22H26F3N5O2S/c23-22(24,25)14-7-8-16(17(10-14)30-33(31)32)20-18-12-3-5-13(6-4-12)19(18)21(29-28-20)27-15-2-1-9-26-11-15/h7-8,10,12-13,15,26,30H,1-6,9,11H2,(H,27,29)(H,31,32)/p-1. The number of fused-ring (bicyclic) bond motifs is 2. The van der Waals surface area contributed by atoms with Gasteiger partial charge < -0.3 is 19.9 Å². The van der Waals surface area contributed by atoms with Crippen LogP contribution in [0, 0.1) is 0 Å². The third-order valence-electron chi connectivity index (χ3n) is 7.03. The zero-order valence-electron chi connectivity index (χ0n) is 17.9. The fourth-order valence-corrected chi connectivity index (χ4v) is 5.88. The molecule has 0 spiro atoms. The molecule has 2 heterocycles. The molecule has 6 rings (SSSR count). The van der Waals surface area contributed by atoms with Crippen molar-refractivity contribution < 1.29 is 21.9 Å². The Morgan fingerprint density at radius 2 is 1.79 bits per heavy atom. The summed E-state index contributed by atoms with van der Waals surface area (Å²) in [6, 6.07) is 3.32. The van der Waals surface area contributed by atoms with Gasteiger partial charge in [-0.15, -0.1) is 10.2 Å². The van der Waals surface area contributed by atoms with Crippen molar-refractivity contribution in [3.05, 3.63) is 34.9 Å².